The van der Waals surface area contributed by atoms with Crippen LogP contribution in [0.1, 0.15) is 23.7 Å². The summed E-state index contributed by atoms with van der Waals surface area (Å²) >= 11 is 0. The summed E-state index contributed by atoms with van der Waals surface area (Å²) in [4.78, 5) is 41.5. The number of aromatic nitrogens is 2. The first-order valence-corrected chi connectivity index (χ1v) is 9.74. The van der Waals surface area contributed by atoms with Crippen LogP contribution in [-0.4, -0.2) is 50.8 Å². The Morgan fingerprint density at radius 3 is 2.69 bits per heavy atom. The van der Waals surface area contributed by atoms with Gasteiger partial charge in [-0.15, -0.1) is 0 Å². The lowest BCUT2D eigenvalue weighted by atomic mass is 10.1. The Labute approximate surface area is 180 Å². The zero-order valence-electron chi connectivity index (χ0n) is 17.2. The minimum absolute atomic E-state index is 0.0125. The monoisotopic (exact) mass is 442 g/mol. The fourth-order valence-corrected chi connectivity index (χ4v) is 4.03. The van der Waals surface area contributed by atoms with Crippen molar-refractivity contribution in [3.05, 3.63) is 68.0 Å². The SMILES string of the molecule is COc1ccc(-n2c(C3CCN(C(=O)O)C3)nc3c(C)cc([N+](=O)[O-])cc3c2=O)cc1F. The lowest BCUT2D eigenvalue weighted by molar-refractivity contribution is -0.384. The van der Waals surface area contributed by atoms with Crippen molar-refractivity contribution in [2.45, 2.75) is 19.3 Å². The van der Waals surface area contributed by atoms with E-state index in [1.807, 2.05) is 0 Å². The minimum Gasteiger partial charge on any atom is -0.494 e. The fourth-order valence-electron chi connectivity index (χ4n) is 4.03. The summed E-state index contributed by atoms with van der Waals surface area (Å²) < 4.78 is 20.6. The van der Waals surface area contributed by atoms with E-state index in [0.717, 1.165) is 12.1 Å². The highest BCUT2D eigenvalue weighted by Gasteiger charge is 2.32. The number of nitrogens with zero attached hydrogens (tertiary/aromatic N) is 4. The van der Waals surface area contributed by atoms with E-state index in [0.29, 0.717) is 12.0 Å². The Balaban J connectivity index is 2.01. The van der Waals surface area contributed by atoms with Gasteiger partial charge in [0.15, 0.2) is 11.6 Å². The summed E-state index contributed by atoms with van der Waals surface area (Å²) in [5.74, 6) is -0.853. The fraction of sp³-hybridized carbons (Fsp3) is 0.286. The van der Waals surface area contributed by atoms with Gasteiger partial charge in [-0.1, -0.05) is 0 Å². The van der Waals surface area contributed by atoms with Gasteiger partial charge >= 0.3 is 6.09 Å². The number of likely N-dealkylation sites (tertiary alicyclic amines) is 1. The number of ether oxygens (including phenoxy) is 1. The van der Waals surface area contributed by atoms with Crippen molar-refractivity contribution in [1.29, 1.82) is 0 Å². The van der Waals surface area contributed by atoms with E-state index in [1.165, 1.54) is 34.8 Å². The largest absolute Gasteiger partial charge is 0.494 e. The third-order valence-corrected chi connectivity index (χ3v) is 5.60. The van der Waals surface area contributed by atoms with Crippen molar-refractivity contribution < 1.29 is 24.0 Å². The molecule has 10 nitrogen and oxygen atoms in total. The highest BCUT2D eigenvalue weighted by Crippen LogP contribution is 2.31. The van der Waals surface area contributed by atoms with Gasteiger partial charge in [0.05, 0.1) is 28.6 Å². The topological polar surface area (TPSA) is 128 Å². The molecule has 1 aliphatic rings. The van der Waals surface area contributed by atoms with E-state index in [1.54, 1.807) is 6.92 Å². The number of halogens is 1. The molecule has 2 aromatic carbocycles. The van der Waals surface area contributed by atoms with Crippen LogP contribution in [0.2, 0.25) is 0 Å². The van der Waals surface area contributed by atoms with Crippen LogP contribution < -0.4 is 10.3 Å². The second-order valence-corrected chi connectivity index (χ2v) is 7.56. The molecule has 1 N–H and O–H groups in total. The van der Waals surface area contributed by atoms with Gasteiger partial charge in [0, 0.05) is 37.2 Å². The van der Waals surface area contributed by atoms with E-state index in [-0.39, 0.29) is 46.9 Å². The number of benzene rings is 2. The van der Waals surface area contributed by atoms with Crippen LogP contribution in [0.5, 0.6) is 5.75 Å². The van der Waals surface area contributed by atoms with Crippen LogP contribution >= 0.6 is 0 Å². The number of hydrogen-bond donors (Lipinski definition) is 1. The first kappa shape index (κ1) is 21.2. The molecule has 1 aromatic heterocycles. The molecule has 1 aliphatic heterocycles. The van der Waals surface area contributed by atoms with Crippen molar-refractivity contribution in [3.8, 4) is 11.4 Å². The number of carboxylic acid groups (broad SMARTS) is 1. The van der Waals surface area contributed by atoms with Crippen molar-refractivity contribution in [2.75, 3.05) is 20.2 Å². The Bertz CT molecular complexity index is 1320. The first-order valence-electron chi connectivity index (χ1n) is 9.74. The predicted octanol–water partition coefficient (Wildman–Crippen LogP) is 3.22. The number of fused-ring (bicyclic) bond motifs is 1. The van der Waals surface area contributed by atoms with Crippen molar-refractivity contribution in [1.82, 2.24) is 14.5 Å². The van der Waals surface area contributed by atoms with Crippen LogP contribution in [0.3, 0.4) is 0 Å². The van der Waals surface area contributed by atoms with Crippen LogP contribution in [-0.2, 0) is 0 Å². The van der Waals surface area contributed by atoms with E-state index in [2.05, 4.69) is 4.98 Å². The molecule has 4 rings (SSSR count). The number of carbonyl (C=O) groups is 1. The standard InChI is InChI=1S/C21H19FN4O6/c1-11-7-14(26(30)31)8-15-18(11)23-19(12-5-6-24(10-12)21(28)29)25(20(15)27)13-3-4-17(32-2)16(22)9-13/h3-4,7-9,12H,5-6,10H2,1-2H3,(H,28,29). The number of amides is 1. The highest BCUT2D eigenvalue weighted by atomic mass is 19.1. The second kappa shape index (κ2) is 7.91. The van der Waals surface area contributed by atoms with Crippen LogP contribution in [0.4, 0.5) is 14.9 Å². The lowest BCUT2D eigenvalue weighted by Crippen LogP contribution is -2.29. The minimum atomic E-state index is -1.08. The van der Waals surface area contributed by atoms with Crippen molar-refractivity contribution >= 4 is 22.7 Å². The number of hydrogen-bond acceptors (Lipinski definition) is 6. The molecule has 0 saturated carbocycles. The van der Waals surface area contributed by atoms with Crippen LogP contribution in [0.25, 0.3) is 16.6 Å². The molecule has 32 heavy (non-hydrogen) atoms. The number of non-ortho nitro benzene ring substituents is 1. The molecule has 2 heterocycles. The molecule has 0 radical (unpaired) electrons. The lowest BCUT2D eigenvalue weighted by Gasteiger charge is -2.19. The van der Waals surface area contributed by atoms with E-state index < -0.39 is 28.3 Å². The maximum absolute atomic E-state index is 14.5. The predicted molar refractivity (Wildman–Crippen MR) is 112 cm³/mol. The number of nitro benzene ring substituents is 1. The summed E-state index contributed by atoms with van der Waals surface area (Å²) in [5, 5.41) is 20.6. The molecule has 1 saturated heterocycles. The van der Waals surface area contributed by atoms with E-state index in [9.17, 15) is 29.2 Å². The number of rotatable bonds is 4. The molecule has 166 valence electrons. The normalized spacial score (nSPS) is 15.8. The maximum Gasteiger partial charge on any atom is 0.407 e. The number of aryl methyl sites for hydroxylation is 1. The molecule has 1 amide bonds. The van der Waals surface area contributed by atoms with Gasteiger partial charge < -0.3 is 14.7 Å². The zero-order chi connectivity index (χ0) is 23.2. The average Bonchev–Trinajstić information content (AvgIpc) is 3.24. The number of methoxy groups -OCH3 is 1. The molecular weight excluding hydrogens is 423 g/mol. The summed E-state index contributed by atoms with van der Waals surface area (Å²) in [5.41, 5.74) is 0.0288. The Morgan fingerprint density at radius 1 is 1.34 bits per heavy atom. The van der Waals surface area contributed by atoms with Crippen molar-refractivity contribution in [3.63, 3.8) is 0 Å². The second-order valence-electron chi connectivity index (χ2n) is 7.56. The summed E-state index contributed by atoms with van der Waals surface area (Å²) in [6.07, 6.45) is -0.654. The smallest absolute Gasteiger partial charge is 0.407 e. The van der Waals surface area contributed by atoms with Gasteiger partial charge in [0.1, 0.15) is 5.82 Å². The molecule has 3 aromatic rings. The third kappa shape index (κ3) is 3.51. The molecule has 1 atom stereocenters. The van der Waals surface area contributed by atoms with Gasteiger partial charge in [0.25, 0.3) is 11.2 Å². The molecule has 0 aliphatic carbocycles. The van der Waals surface area contributed by atoms with E-state index in [4.69, 9.17) is 4.74 Å². The quantitative estimate of drug-likeness (QED) is 0.485. The highest BCUT2D eigenvalue weighted by molar-refractivity contribution is 5.84. The molecule has 1 unspecified atom stereocenters. The molecule has 0 bridgehead atoms. The zero-order valence-corrected chi connectivity index (χ0v) is 17.2. The molecule has 11 heteroatoms. The molecule has 0 spiro atoms. The summed E-state index contributed by atoms with van der Waals surface area (Å²) in [7, 11) is 1.31. The summed E-state index contributed by atoms with van der Waals surface area (Å²) in [6, 6.07) is 6.44. The molecular formula is C21H19FN4O6. The van der Waals surface area contributed by atoms with Gasteiger partial charge in [0.2, 0.25) is 0 Å². The van der Waals surface area contributed by atoms with Gasteiger partial charge in [-0.05, 0) is 31.0 Å². The first-order chi connectivity index (χ1) is 15.2. The Morgan fingerprint density at radius 2 is 2.09 bits per heavy atom. The third-order valence-electron chi connectivity index (χ3n) is 5.60. The Hall–Kier alpha value is -4.02. The van der Waals surface area contributed by atoms with Crippen LogP contribution in [0, 0.1) is 22.9 Å². The van der Waals surface area contributed by atoms with Crippen LogP contribution in [0.15, 0.2) is 35.1 Å². The Kier molecular flexibility index (Phi) is 5.25. The van der Waals surface area contributed by atoms with Gasteiger partial charge in [-0.3, -0.25) is 19.5 Å². The summed E-state index contributed by atoms with van der Waals surface area (Å²) in [6.45, 7) is 2.00. The van der Waals surface area contributed by atoms with Gasteiger partial charge in [-0.25, -0.2) is 14.2 Å². The average molecular weight is 442 g/mol. The van der Waals surface area contributed by atoms with Crippen molar-refractivity contribution in [2.24, 2.45) is 0 Å². The maximum atomic E-state index is 14.5. The van der Waals surface area contributed by atoms with Gasteiger partial charge in [-0.2, -0.15) is 0 Å². The van der Waals surface area contributed by atoms with E-state index >= 15 is 0 Å². The number of nitro groups is 1. The molecule has 1 fully saturated rings.